The van der Waals surface area contributed by atoms with E-state index in [9.17, 15) is 8.42 Å². The van der Waals surface area contributed by atoms with Crippen molar-refractivity contribution in [2.75, 3.05) is 7.11 Å². The maximum atomic E-state index is 12.3. The average molecular weight is 270 g/mol. The molecule has 3 N–H and O–H groups in total. The molecule has 0 saturated heterocycles. The molecule has 6 heteroatoms. The summed E-state index contributed by atoms with van der Waals surface area (Å²) in [5.74, 6) is 0.346. The second kappa shape index (κ2) is 5.26. The van der Waals surface area contributed by atoms with Crippen LogP contribution in [-0.2, 0) is 16.6 Å². The number of nitrogens with one attached hydrogen (secondary N) is 1. The summed E-state index contributed by atoms with van der Waals surface area (Å²) in [4.78, 5) is 0.167. The molecule has 0 heterocycles. The first kappa shape index (κ1) is 13.3. The number of nitrogens with two attached hydrogens (primary N) is 1. The van der Waals surface area contributed by atoms with Gasteiger partial charge in [0.2, 0.25) is 10.0 Å². The van der Waals surface area contributed by atoms with E-state index in [2.05, 4.69) is 4.72 Å². The van der Waals surface area contributed by atoms with Crippen LogP contribution in [0.25, 0.3) is 0 Å². The standard InChI is InChI=1S/C12H18N2O3S/c1-17-11-6-5-9(8-13)7-12(11)18(15,16)14-10-3-2-4-10/h5-7,10,14H,2-4,8,13H2,1H3. The highest BCUT2D eigenvalue weighted by molar-refractivity contribution is 7.89. The molecule has 0 spiro atoms. The first-order valence-electron chi connectivity index (χ1n) is 5.96. The van der Waals surface area contributed by atoms with Gasteiger partial charge >= 0.3 is 0 Å². The molecule has 0 aliphatic heterocycles. The molecule has 0 radical (unpaired) electrons. The number of methoxy groups -OCH3 is 1. The Labute approximate surface area is 107 Å². The van der Waals surface area contributed by atoms with Gasteiger partial charge in [-0.3, -0.25) is 0 Å². The molecule has 1 aromatic carbocycles. The normalized spacial score (nSPS) is 16.3. The Balaban J connectivity index is 2.34. The Hall–Kier alpha value is -1.11. The van der Waals surface area contributed by atoms with Crippen LogP contribution in [0.4, 0.5) is 0 Å². The third-order valence-corrected chi connectivity index (χ3v) is 4.72. The van der Waals surface area contributed by atoms with Gasteiger partial charge < -0.3 is 10.5 Å². The van der Waals surface area contributed by atoms with Gasteiger partial charge in [0.1, 0.15) is 10.6 Å². The van der Waals surface area contributed by atoms with Crippen molar-refractivity contribution in [2.45, 2.75) is 36.7 Å². The van der Waals surface area contributed by atoms with Gasteiger partial charge in [0.25, 0.3) is 0 Å². The van der Waals surface area contributed by atoms with Gasteiger partial charge in [-0.25, -0.2) is 13.1 Å². The van der Waals surface area contributed by atoms with E-state index in [1.807, 2.05) is 0 Å². The predicted octanol–water partition coefficient (Wildman–Crippen LogP) is 0.985. The Bertz CT molecular complexity index is 524. The molecule has 18 heavy (non-hydrogen) atoms. The number of sulfonamides is 1. The molecule has 0 atom stereocenters. The van der Waals surface area contributed by atoms with Gasteiger partial charge in [0.05, 0.1) is 7.11 Å². The third kappa shape index (κ3) is 2.66. The van der Waals surface area contributed by atoms with Crippen LogP contribution in [0, 0.1) is 0 Å². The highest BCUT2D eigenvalue weighted by atomic mass is 32.2. The summed E-state index contributed by atoms with van der Waals surface area (Å²) in [6.45, 7) is 0.302. The lowest BCUT2D eigenvalue weighted by Gasteiger charge is -2.26. The summed E-state index contributed by atoms with van der Waals surface area (Å²) in [6.07, 6.45) is 2.88. The van der Waals surface area contributed by atoms with Crippen LogP contribution in [-0.4, -0.2) is 21.6 Å². The number of hydrogen-bond acceptors (Lipinski definition) is 4. The van der Waals surface area contributed by atoms with Crippen LogP contribution in [0.1, 0.15) is 24.8 Å². The summed E-state index contributed by atoms with van der Waals surface area (Å²) >= 11 is 0. The van der Waals surface area contributed by atoms with Crippen LogP contribution < -0.4 is 15.2 Å². The van der Waals surface area contributed by atoms with E-state index < -0.39 is 10.0 Å². The number of rotatable bonds is 5. The first-order chi connectivity index (χ1) is 8.56. The molecule has 1 fully saturated rings. The zero-order chi connectivity index (χ0) is 13.2. The molecule has 1 aliphatic carbocycles. The Morgan fingerprint density at radius 1 is 1.44 bits per heavy atom. The maximum absolute atomic E-state index is 12.3. The molecule has 1 aliphatic rings. The predicted molar refractivity (Wildman–Crippen MR) is 68.8 cm³/mol. The summed E-state index contributed by atoms with van der Waals surface area (Å²) in [5, 5.41) is 0. The van der Waals surface area contributed by atoms with E-state index in [0.29, 0.717) is 12.3 Å². The lowest BCUT2D eigenvalue weighted by molar-refractivity contribution is 0.379. The molecular weight excluding hydrogens is 252 g/mol. The number of hydrogen-bond donors (Lipinski definition) is 2. The van der Waals surface area contributed by atoms with Crippen LogP contribution in [0.5, 0.6) is 5.75 Å². The minimum Gasteiger partial charge on any atom is -0.495 e. The molecule has 0 bridgehead atoms. The van der Waals surface area contributed by atoms with Gasteiger partial charge in [0, 0.05) is 12.6 Å². The van der Waals surface area contributed by atoms with Gasteiger partial charge in [-0.15, -0.1) is 0 Å². The van der Waals surface area contributed by atoms with Crippen LogP contribution in [0.3, 0.4) is 0 Å². The van der Waals surface area contributed by atoms with E-state index in [1.54, 1.807) is 18.2 Å². The second-order valence-corrected chi connectivity index (χ2v) is 6.12. The van der Waals surface area contributed by atoms with Crippen molar-refractivity contribution in [1.82, 2.24) is 4.72 Å². The maximum Gasteiger partial charge on any atom is 0.244 e. The van der Waals surface area contributed by atoms with Gasteiger partial charge in [-0.05, 0) is 30.5 Å². The fourth-order valence-electron chi connectivity index (χ4n) is 1.87. The third-order valence-electron chi connectivity index (χ3n) is 3.18. The summed E-state index contributed by atoms with van der Waals surface area (Å²) in [6, 6.07) is 5.03. The molecule has 0 amide bonds. The second-order valence-electron chi connectivity index (χ2n) is 4.44. The summed E-state index contributed by atoms with van der Waals surface area (Å²) < 4.78 is 32.3. The average Bonchev–Trinajstić information content (AvgIpc) is 2.33. The molecule has 1 aromatic rings. The molecule has 5 nitrogen and oxygen atoms in total. The molecular formula is C12H18N2O3S. The highest BCUT2D eigenvalue weighted by Gasteiger charge is 2.27. The molecule has 1 saturated carbocycles. The van der Waals surface area contributed by atoms with Crippen molar-refractivity contribution < 1.29 is 13.2 Å². The van der Waals surface area contributed by atoms with Crippen LogP contribution >= 0.6 is 0 Å². The minimum atomic E-state index is -3.53. The SMILES string of the molecule is COc1ccc(CN)cc1S(=O)(=O)NC1CCC1. The number of ether oxygens (including phenoxy) is 1. The van der Waals surface area contributed by atoms with Crippen molar-refractivity contribution in [3.05, 3.63) is 23.8 Å². The van der Waals surface area contributed by atoms with Crippen molar-refractivity contribution >= 4 is 10.0 Å². The highest BCUT2D eigenvalue weighted by Crippen LogP contribution is 2.27. The molecule has 0 aromatic heterocycles. The number of benzene rings is 1. The minimum absolute atomic E-state index is 0.0567. The summed E-state index contributed by atoms with van der Waals surface area (Å²) in [5.41, 5.74) is 6.30. The fraction of sp³-hybridized carbons (Fsp3) is 0.500. The van der Waals surface area contributed by atoms with E-state index >= 15 is 0 Å². The van der Waals surface area contributed by atoms with Crippen LogP contribution in [0.2, 0.25) is 0 Å². The topological polar surface area (TPSA) is 81.4 Å². The molecule has 2 rings (SSSR count). The van der Waals surface area contributed by atoms with Crippen molar-refractivity contribution in [3.63, 3.8) is 0 Å². The van der Waals surface area contributed by atoms with E-state index in [0.717, 1.165) is 24.8 Å². The molecule has 100 valence electrons. The molecule has 0 unspecified atom stereocenters. The van der Waals surface area contributed by atoms with Crippen molar-refractivity contribution in [3.8, 4) is 5.75 Å². The zero-order valence-electron chi connectivity index (χ0n) is 10.3. The quantitative estimate of drug-likeness (QED) is 0.836. The van der Waals surface area contributed by atoms with Gasteiger partial charge in [-0.1, -0.05) is 12.5 Å². The van der Waals surface area contributed by atoms with Crippen molar-refractivity contribution in [1.29, 1.82) is 0 Å². The lowest BCUT2D eigenvalue weighted by Crippen LogP contribution is -2.39. The first-order valence-corrected chi connectivity index (χ1v) is 7.44. The van der Waals surface area contributed by atoms with Crippen molar-refractivity contribution in [2.24, 2.45) is 5.73 Å². The van der Waals surface area contributed by atoms with E-state index in [4.69, 9.17) is 10.5 Å². The van der Waals surface area contributed by atoms with E-state index in [1.165, 1.54) is 7.11 Å². The van der Waals surface area contributed by atoms with E-state index in [-0.39, 0.29) is 10.9 Å². The largest absolute Gasteiger partial charge is 0.495 e. The fourth-order valence-corrected chi connectivity index (χ4v) is 3.39. The van der Waals surface area contributed by atoms with Crippen LogP contribution in [0.15, 0.2) is 23.1 Å². The monoisotopic (exact) mass is 270 g/mol. The Morgan fingerprint density at radius 3 is 2.67 bits per heavy atom. The van der Waals surface area contributed by atoms with Gasteiger partial charge in [0.15, 0.2) is 0 Å². The zero-order valence-corrected chi connectivity index (χ0v) is 11.2. The summed E-state index contributed by atoms with van der Waals surface area (Å²) in [7, 11) is -2.07. The Morgan fingerprint density at radius 2 is 2.17 bits per heavy atom. The smallest absolute Gasteiger partial charge is 0.244 e. The Kier molecular flexibility index (Phi) is 3.89. The lowest BCUT2D eigenvalue weighted by atomic mass is 9.94. The van der Waals surface area contributed by atoms with Gasteiger partial charge in [-0.2, -0.15) is 0 Å².